The van der Waals surface area contributed by atoms with E-state index in [9.17, 15) is 9.59 Å². The van der Waals surface area contributed by atoms with E-state index in [-0.39, 0.29) is 17.9 Å². The van der Waals surface area contributed by atoms with Crippen LogP contribution in [0.15, 0.2) is 71.7 Å². The lowest BCUT2D eigenvalue weighted by atomic mass is 10.1. The highest BCUT2D eigenvalue weighted by Gasteiger charge is 2.16. The van der Waals surface area contributed by atoms with Crippen LogP contribution in [0.4, 0.5) is 11.5 Å². The number of aromatic nitrogens is 2. The van der Waals surface area contributed by atoms with E-state index in [0.29, 0.717) is 16.5 Å². The van der Waals surface area contributed by atoms with Gasteiger partial charge in [0, 0.05) is 37.0 Å². The first-order chi connectivity index (χ1) is 15.6. The molecular formula is C25H25N5O2. The Kier molecular flexibility index (Phi) is 5.33. The van der Waals surface area contributed by atoms with E-state index >= 15 is 0 Å². The summed E-state index contributed by atoms with van der Waals surface area (Å²) in [6, 6.07) is 18.7. The summed E-state index contributed by atoms with van der Waals surface area (Å²) in [6.45, 7) is 4.02. The molecule has 0 saturated carbocycles. The molecule has 0 radical (unpaired) electrons. The molecule has 32 heavy (non-hydrogen) atoms. The molecule has 1 fully saturated rings. The Labute approximate surface area is 185 Å². The van der Waals surface area contributed by atoms with Crippen LogP contribution in [0.2, 0.25) is 0 Å². The van der Waals surface area contributed by atoms with Gasteiger partial charge in [0.1, 0.15) is 12.4 Å². The van der Waals surface area contributed by atoms with E-state index in [1.54, 1.807) is 18.3 Å². The average Bonchev–Trinajstić information content (AvgIpc) is 2.83. The van der Waals surface area contributed by atoms with E-state index in [0.717, 1.165) is 43.0 Å². The highest BCUT2D eigenvalue weighted by Crippen LogP contribution is 2.20. The van der Waals surface area contributed by atoms with Gasteiger partial charge in [-0.2, -0.15) is 0 Å². The van der Waals surface area contributed by atoms with Crippen molar-refractivity contribution in [2.75, 3.05) is 43.4 Å². The van der Waals surface area contributed by atoms with E-state index in [1.807, 2.05) is 53.1 Å². The first kappa shape index (κ1) is 20.2. The maximum Gasteiger partial charge on any atom is 0.244 e. The van der Waals surface area contributed by atoms with Crippen LogP contribution >= 0.6 is 0 Å². The zero-order valence-corrected chi connectivity index (χ0v) is 18.0. The molecule has 1 amide bonds. The minimum absolute atomic E-state index is 0.0171. The fourth-order valence-corrected chi connectivity index (χ4v) is 4.27. The Balaban J connectivity index is 1.38. The zero-order valence-electron chi connectivity index (χ0n) is 18.0. The molecule has 3 heterocycles. The lowest BCUT2D eigenvalue weighted by molar-refractivity contribution is -0.116. The number of benzene rings is 2. The van der Waals surface area contributed by atoms with Gasteiger partial charge in [0.15, 0.2) is 5.43 Å². The van der Waals surface area contributed by atoms with E-state index < -0.39 is 0 Å². The number of hydrogen-bond donors (Lipinski definition) is 1. The molecule has 1 aliphatic rings. The molecule has 0 atom stereocenters. The van der Waals surface area contributed by atoms with Crippen LogP contribution in [0.1, 0.15) is 0 Å². The maximum atomic E-state index is 12.9. The normalized spacial score (nSPS) is 14.7. The highest BCUT2D eigenvalue weighted by atomic mass is 16.2. The number of likely N-dealkylation sites (N-methyl/N-ethyl adjacent to an activating group) is 1. The number of carbonyl (C=O) groups excluding carboxylic acids is 1. The third-order valence-corrected chi connectivity index (χ3v) is 6.04. The summed E-state index contributed by atoms with van der Waals surface area (Å²) in [4.78, 5) is 34.9. The molecule has 1 aliphatic heterocycles. The molecule has 7 heteroatoms. The summed E-state index contributed by atoms with van der Waals surface area (Å²) in [7, 11) is 2.12. The van der Waals surface area contributed by atoms with E-state index in [4.69, 9.17) is 0 Å². The Bertz CT molecular complexity index is 1280. The van der Waals surface area contributed by atoms with Gasteiger partial charge in [-0.25, -0.2) is 4.98 Å². The predicted molar refractivity (Wildman–Crippen MR) is 128 cm³/mol. The number of para-hydroxylation sites is 2. The summed E-state index contributed by atoms with van der Waals surface area (Å²) in [5.41, 5.74) is 2.13. The predicted octanol–water partition coefficient (Wildman–Crippen LogP) is 2.94. The number of amides is 1. The zero-order chi connectivity index (χ0) is 22.1. The van der Waals surface area contributed by atoms with Gasteiger partial charge in [-0.05, 0) is 43.4 Å². The van der Waals surface area contributed by atoms with Crippen LogP contribution in [0, 0.1) is 0 Å². The lowest BCUT2D eigenvalue weighted by Crippen LogP contribution is -2.44. The van der Waals surface area contributed by atoms with Gasteiger partial charge in [0.2, 0.25) is 5.91 Å². The largest absolute Gasteiger partial charge is 0.354 e. The number of fused-ring (bicyclic) bond motifs is 2. The van der Waals surface area contributed by atoms with Crippen LogP contribution in [0.25, 0.3) is 21.8 Å². The number of pyridine rings is 2. The molecule has 2 aromatic carbocycles. The topological polar surface area (TPSA) is 70.5 Å². The number of rotatable bonds is 4. The monoisotopic (exact) mass is 427 g/mol. The summed E-state index contributed by atoms with van der Waals surface area (Å²) in [6.07, 6.45) is 1.70. The van der Waals surface area contributed by atoms with E-state index in [2.05, 4.69) is 27.1 Å². The molecule has 0 unspecified atom stereocenters. The van der Waals surface area contributed by atoms with Gasteiger partial charge < -0.3 is 19.7 Å². The highest BCUT2D eigenvalue weighted by molar-refractivity contribution is 5.97. The van der Waals surface area contributed by atoms with Crippen molar-refractivity contribution in [3.8, 4) is 0 Å². The Morgan fingerprint density at radius 1 is 0.906 bits per heavy atom. The molecular weight excluding hydrogens is 402 g/mol. The smallest absolute Gasteiger partial charge is 0.244 e. The number of nitrogens with one attached hydrogen (secondary N) is 1. The van der Waals surface area contributed by atoms with Gasteiger partial charge >= 0.3 is 0 Å². The van der Waals surface area contributed by atoms with Gasteiger partial charge in [-0.15, -0.1) is 0 Å². The van der Waals surface area contributed by atoms with Crippen LogP contribution in [0.5, 0.6) is 0 Å². The van der Waals surface area contributed by atoms with Crippen molar-refractivity contribution in [2.45, 2.75) is 6.54 Å². The molecule has 1 N–H and O–H groups in total. The van der Waals surface area contributed by atoms with Gasteiger partial charge in [-0.3, -0.25) is 9.59 Å². The molecule has 7 nitrogen and oxygen atoms in total. The van der Waals surface area contributed by atoms with Crippen LogP contribution in [0.3, 0.4) is 0 Å². The maximum absolute atomic E-state index is 12.9. The Morgan fingerprint density at radius 3 is 2.12 bits per heavy atom. The molecule has 2 aromatic heterocycles. The minimum atomic E-state index is -0.168. The van der Waals surface area contributed by atoms with Gasteiger partial charge in [-0.1, -0.05) is 24.3 Å². The second-order valence-electron chi connectivity index (χ2n) is 8.19. The second kappa shape index (κ2) is 8.43. The number of nitrogens with zero attached hydrogens (tertiary/aromatic N) is 4. The van der Waals surface area contributed by atoms with Crippen molar-refractivity contribution in [3.63, 3.8) is 0 Å². The number of hydrogen-bond acceptors (Lipinski definition) is 5. The summed E-state index contributed by atoms with van der Waals surface area (Å²) >= 11 is 0. The molecule has 162 valence electrons. The molecule has 0 bridgehead atoms. The Hall–Kier alpha value is -3.71. The van der Waals surface area contributed by atoms with Crippen LogP contribution in [-0.2, 0) is 11.3 Å². The summed E-state index contributed by atoms with van der Waals surface area (Å²) in [5, 5.41) is 4.16. The summed E-state index contributed by atoms with van der Waals surface area (Å²) in [5.74, 6) is 0.756. The fourth-order valence-electron chi connectivity index (χ4n) is 4.27. The van der Waals surface area contributed by atoms with Crippen molar-refractivity contribution in [3.05, 3.63) is 77.1 Å². The average molecular weight is 428 g/mol. The number of piperazine rings is 1. The number of carbonyl (C=O) groups is 1. The molecule has 0 spiro atoms. The first-order valence-corrected chi connectivity index (χ1v) is 10.8. The SMILES string of the molecule is CN1CCN(c2ccc(NC(=O)Cn3c4ccccc4c(=O)c4ccccc43)cn2)CC1. The second-order valence-corrected chi connectivity index (χ2v) is 8.19. The lowest BCUT2D eigenvalue weighted by Gasteiger charge is -2.33. The summed E-state index contributed by atoms with van der Waals surface area (Å²) < 4.78 is 1.90. The van der Waals surface area contributed by atoms with Gasteiger partial charge in [0.05, 0.1) is 22.9 Å². The molecule has 1 saturated heterocycles. The standard InChI is InChI=1S/C25H25N5O2/c1-28-12-14-29(15-13-28)23-11-10-18(16-26-23)27-24(31)17-30-21-8-4-2-6-19(21)25(32)20-7-3-5-9-22(20)30/h2-11,16H,12-15,17H2,1H3,(H,27,31). The third-order valence-electron chi connectivity index (χ3n) is 6.04. The quantitative estimate of drug-likeness (QED) is 0.507. The van der Waals surface area contributed by atoms with Crippen LogP contribution in [-0.4, -0.2) is 53.6 Å². The third kappa shape index (κ3) is 3.83. The van der Waals surface area contributed by atoms with Crippen molar-refractivity contribution in [2.24, 2.45) is 0 Å². The fraction of sp³-hybridized carbons (Fsp3) is 0.240. The Morgan fingerprint density at radius 2 is 1.53 bits per heavy atom. The van der Waals surface area contributed by atoms with Crippen molar-refractivity contribution in [1.82, 2.24) is 14.5 Å². The minimum Gasteiger partial charge on any atom is -0.354 e. The number of anilines is 2. The van der Waals surface area contributed by atoms with Crippen LogP contribution < -0.4 is 15.6 Å². The molecule has 4 aromatic rings. The van der Waals surface area contributed by atoms with E-state index in [1.165, 1.54) is 0 Å². The van der Waals surface area contributed by atoms with Crippen molar-refractivity contribution >= 4 is 39.2 Å². The molecule has 5 rings (SSSR count). The molecule has 0 aliphatic carbocycles. The first-order valence-electron chi connectivity index (χ1n) is 10.8. The van der Waals surface area contributed by atoms with Gasteiger partial charge in [0.25, 0.3) is 0 Å². The van der Waals surface area contributed by atoms with Crippen molar-refractivity contribution < 1.29 is 4.79 Å². The van der Waals surface area contributed by atoms with Crippen molar-refractivity contribution in [1.29, 1.82) is 0 Å².